The van der Waals surface area contributed by atoms with Gasteiger partial charge in [0.15, 0.2) is 0 Å². The van der Waals surface area contributed by atoms with Crippen LogP contribution in [0.5, 0.6) is 0 Å². The lowest BCUT2D eigenvalue weighted by atomic mass is 10.4. The molecule has 0 aromatic heterocycles. The van der Waals surface area contributed by atoms with Crippen molar-refractivity contribution in [1.29, 1.82) is 0 Å². The molecule has 0 radical (unpaired) electrons. The highest BCUT2D eigenvalue weighted by Gasteiger charge is 2.27. The number of unbranched alkanes of at least 4 members (excludes halogenated alkanes) is 1. The van der Waals surface area contributed by atoms with Gasteiger partial charge in [-0.3, -0.25) is 4.79 Å². The summed E-state index contributed by atoms with van der Waals surface area (Å²) in [6, 6.07) is -0.0950. The number of carbonyl (C=O) groups excluding carboxylic acids is 2. The summed E-state index contributed by atoms with van der Waals surface area (Å²) >= 11 is 0. The maximum absolute atomic E-state index is 11.4. The molecule has 1 fully saturated rings. The SMILES string of the molecule is CCCCOC(=O)CN1CCN(C)C1=O. The van der Waals surface area contributed by atoms with Crippen LogP contribution in [0.25, 0.3) is 0 Å². The summed E-state index contributed by atoms with van der Waals surface area (Å²) in [5.41, 5.74) is 0. The number of amides is 2. The Hall–Kier alpha value is -1.26. The van der Waals surface area contributed by atoms with Gasteiger partial charge in [-0.1, -0.05) is 13.3 Å². The third-order valence-corrected chi connectivity index (χ3v) is 2.38. The van der Waals surface area contributed by atoms with Crippen LogP contribution < -0.4 is 0 Å². The molecular formula is C10H18N2O3. The molecule has 15 heavy (non-hydrogen) atoms. The van der Waals surface area contributed by atoms with Gasteiger partial charge >= 0.3 is 12.0 Å². The number of rotatable bonds is 5. The Labute approximate surface area is 90.0 Å². The second-order valence-corrected chi connectivity index (χ2v) is 3.70. The molecule has 0 aliphatic carbocycles. The molecule has 5 nitrogen and oxygen atoms in total. The number of hydrogen-bond acceptors (Lipinski definition) is 3. The van der Waals surface area contributed by atoms with E-state index in [0.717, 1.165) is 12.8 Å². The molecule has 1 aliphatic heterocycles. The van der Waals surface area contributed by atoms with E-state index in [1.165, 1.54) is 4.90 Å². The maximum atomic E-state index is 11.4. The molecule has 0 bridgehead atoms. The predicted molar refractivity (Wildman–Crippen MR) is 55.5 cm³/mol. The van der Waals surface area contributed by atoms with Gasteiger partial charge in [0, 0.05) is 20.1 Å². The van der Waals surface area contributed by atoms with Gasteiger partial charge in [-0.2, -0.15) is 0 Å². The van der Waals surface area contributed by atoms with E-state index in [4.69, 9.17) is 4.74 Å². The molecule has 0 aromatic carbocycles. The van der Waals surface area contributed by atoms with Crippen LogP contribution in [0.15, 0.2) is 0 Å². The summed E-state index contributed by atoms with van der Waals surface area (Å²) in [5, 5.41) is 0. The fraction of sp³-hybridized carbons (Fsp3) is 0.800. The van der Waals surface area contributed by atoms with Crippen LogP contribution in [0.1, 0.15) is 19.8 Å². The third kappa shape index (κ3) is 3.42. The molecule has 1 rings (SSSR count). The zero-order valence-electron chi connectivity index (χ0n) is 9.36. The highest BCUT2D eigenvalue weighted by molar-refractivity contribution is 5.82. The highest BCUT2D eigenvalue weighted by atomic mass is 16.5. The van der Waals surface area contributed by atoms with Crippen LogP contribution in [0.4, 0.5) is 4.79 Å². The number of likely N-dealkylation sites (N-methyl/N-ethyl adjacent to an activating group) is 1. The Morgan fingerprint density at radius 3 is 2.73 bits per heavy atom. The first-order valence-corrected chi connectivity index (χ1v) is 5.30. The Balaban J connectivity index is 2.23. The zero-order chi connectivity index (χ0) is 11.3. The smallest absolute Gasteiger partial charge is 0.325 e. The Morgan fingerprint density at radius 2 is 2.20 bits per heavy atom. The fourth-order valence-electron chi connectivity index (χ4n) is 1.38. The second kappa shape index (κ2) is 5.58. The quantitative estimate of drug-likeness (QED) is 0.500. The van der Waals surface area contributed by atoms with Gasteiger partial charge in [-0.25, -0.2) is 4.79 Å². The van der Waals surface area contributed by atoms with Crippen LogP contribution in [0, 0.1) is 0 Å². The molecule has 0 unspecified atom stereocenters. The van der Waals surface area contributed by atoms with Crippen molar-refractivity contribution in [1.82, 2.24) is 9.80 Å². The van der Waals surface area contributed by atoms with Crippen molar-refractivity contribution in [2.75, 3.05) is 33.3 Å². The van der Waals surface area contributed by atoms with E-state index < -0.39 is 0 Å². The van der Waals surface area contributed by atoms with E-state index in [1.54, 1.807) is 11.9 Å². The lowest BCUT2D eigenvalue weighted by Crippen LogP contribution is -2.34. The molecule has 0 spiro atoms. The molecule has 86 valence electrons. The summed E-state index contributed by atoms with van der Waals surface area (Å²) in [5.74, 6) is -0.313. The largest absolute Gasteiger partial charge is 0.464 e. The number of hydrogen-bond donors (Lipinski definition) is 0. The maximum Gasteiger partial charge on any atom is 0.325 e. The van der Waals surface area contributed by atoms with Crippen molar-refractivity contribution < 1.29 is 14.3 Å². The topological polar surface area (TPSA) is 49.9 Å². The minimum Gasteiger partial charge on any atom is -0.464 e. The first-order valence-electron chi connectivity index (χ1n) is 5.30. The molecular weight excluding hydrogens is 196 g/mol. The number of esters is 1. The molecule has 0 N–H and O–H groups in total. The third-order valence-electron chi connectivity index (χ3n) is 2.38. The molecule has 2 amide bonds. The fourth-order valence-corrected chi connectivity index (χ4v) is 1.38. The Kier molecular flexibility index (Phi) is 4.39. The number of carbonyl (C=O) groups is 2. The van der Waals surface area contributed by atoms with E-state index in [1.807, 2.05) is 6.92 Å². The summed E-state index contributed by atoms with van der Waals surface area (Å²) in [7, 11) is 1.73. The predicted octanol–water partition coefficient (Wildman–Crippen LogP) is 0.697. The lowest BCUT2D eigenvalue weighted by molar-refractivity contribution is -0.144. The van der Waals surface area contributed by atoms with Crippen LogP contribution in [-0.4, -0.2) is 55.1 Å². The van der Waals surface area contributed by atoms with E-state index in [2.05, 4.69) is 0 Å². The first-order chi connectivity index (χ1) is 7.15. The van der Waals surface area contributed by atoms with Gasteiger partial charge in [0.05, 0.1) is 6.61 Å². The van der Waals surface area contributed by atoms with Crippen molar-refractivity contribution in [2.24, 2.45) is 0 Å². The number of urea groups is 1. The Bertz CT molecular complexity index is 243. The molecule has 0 aromatic rings. The molecule has 1 heterocycles. The van der Waals surface area contributed by atoms with Crippen LogP contribution in [0.2, 0.25) is 0 Å². The molecule has 1 saturated heterocycles. The van der Waals surface area contributed by atoms with Crippen molar-refractivity contribution in [3.05, 3.63) is 0 Å². The monoisotopic (exact) mass is 214 g/mol. The van der Waals surface area contributed by atoms with E-state index in [9.17, 15) is 9.59 Å². The second-order valence-electron chi connectivity index (χ2n) is 3.70. The average molecular weight is 214 g/mol. The summed E-state index contributed by atoms with van der Waals surface area (Å²) < 4.78 is 4.98. The number of ether oxygens (including phenoxy) is 1. The molecule has 1 aliphatic rings. The van der Waals surface area contributed by atoms with Gasteiger partial charge in [-0.05, 0) is 6.42 Å². The van der Waals surface area contributed by atoms with E-state index in [-0.39, 0.29) is 18.5 Å². The van der Waals surface area contributed by atoms with Crippen molar-refractivity contribution in [3.8, 4) is 0 Å². The first kappa shape index (κ1) is 11.8. The lowest BCUT2D eigenvalue weighted by Gasteiger charge is -2.14. The molecule has 0 atom stereocenters. The van der Waals surface area contributed by atoms with Gasteiger partial charge in [0.25, 0.3) is 0 Å². The Morgan fingerprint density at radius 1 is 1.47 bits per heavy atom. The normalized spacial score (nSPS) is 16.0. The van der Waals surface area contributed by atoms with Crippen molar-refractivity contribution in [3.63, 3.8) is 0 Å². The van der Waals surface area contributed by atoms with Crippen LogP contribution in [0.3, 0.4) is 0 Å². The van der Waals surface area contributed by atoms with Gasteiger partial charge in [-0.15, -0.1) is 0 Å². The van der Waals surface area contributed by atoms with E-state index >= 15 is 0 Å². The molecule has 0 saturated carbocycles. The van der Waals surface area contributed by atoms with Crippen LogP contribution >= 0.6 is 0 Å². The summed E-state index contributed by atoms with van der Waals surface area (Å²) in [6.07, 6.45) is 1.87. The summed E-state index contributed by atoms with van der Waals surface area (Å²) in [6.45, 7) is 3.85. The minimum atomic E-state index is -0.313. The van der Waals surface area contributed by atoms with Gasteiger partial charge in [0.1, 0.15) is 6.54 Å². The highest BCUT2D eigenvalue weighted by Crippen LogP contribution is 2.05. The van der Waals surface area contributed by atoms with Gasteiger partial charge < -0.3 is 14.5 Å². The van der Waals surface area contributed by atoms with Gasteiger partial charge in [0.2, 0.25) is 0 Å². The van der Waals surface area contributed by atoms with Crippen molar-refractivity contribution in [2.45, 2.75) is 19.8 Å². The standard InChI is InChI=1S/C10H18N2O3/c1-3-4-7-15-9(13)8-12-6-5-11(2)10(12)14/h3-8H2,1-2H3. The summed E-state index contributed by atoms with van der Waals surface area (Å²) in [4.78, 5) is 25.8. The number of nitrogens with zero attached hydrogens (tertiary/aromatic N) is 2. The zero-order valence-corrected chi connectivity index (χ0v) is 9.36. The molecule has 5 heteroatoms. The average Bonchev–Trinajstić information content (AvgIpc) is 2.50. The van der Waals surface area contributed by atoms with E-state index in [0.29, 0.717) is 19.7 Å². The minimum absolute atomic E-state index is 0.0763. The van der Waals surface area contributed by atoms with Crippen LogP contribution in [-0.2, 0) is 9.53 Å². The van der Waals surface area contributed by atoms with Crippen molar-refractivity contribution >= 4 is 12.0 Å².